The number of nitrogens with one attached hydrogen (secondary N) is 1. The predicted molar refractivity (Wildman–Crippen MR) is 67.2 cm³/mol. The molecule has 0 atom stereocenters. The highest BCUT2D eigenvalue weighted by molar-refractivity contribution is 7.09. The van der Waals surface area contributed by atoms with E-state index < -0.39 is 0 Å². The smallest absolute Gasteiger partial charge is 0.141 e. The zero-order valence-corrected chi connectivity index (χ0v) is 10.2. The highest BCUT2D eigenvalue weighted by Gasteiger charge is 2.03. The highest BCUT2D eigenvalue weighted by atomic mass is 32.1. The van der Waals surface area contributed by atoms with Crippen LogP contribution >= 0.6 is 11.3 Å². The van der Waals surface area contributed by atoms with E-state index in [0.29, 0.717) is 0 Å². The van der Waals surface area contributed by atoms with Crippen LogP contribution in [0.4, 0.5) is 5.69 Å². The van der Waals surface area contributed by atoms with Crippen molar-refractivity contribution in [1.29, 1.82) is 0 Å². The van der Waals surface area contributed by atoms with Gasteiger partial charge in [-0.2, -0.15) is 0 Å². The van der Waals surface area contributed by atoms with E-state index in [9.17, 15) is 0 Å². The third-order valence-corrected chi connectivity index (χ3v) is 3.33. The van der Waals surface area contributed by atoms with Gasteiger partial charge >= 0.3 is 0 Å². The molecule has 0 unspecified atom stereocenters. The van der Waals surface area contributed by atoms with Crippen LogP contribution in [-0.4, -0.2) is 12.1 Å². The van der Waals surface area contributed by atoms with Crippen LogP contribution < -0.4 is 10.1 Å². The van der Waals surface area contributed by atoms with Gasteiger partial charge in [-0.05, 0) is 19.1 Å². The summed E-state index contributed by atoms with van der Waals surface area (Å²) in [7, 11) is 1.68. The topological polar surface area (TPSA) is 34.1 Å². The van der Waals surface area contributed by atoms with Crippen molar-refractivity contribution in [1.82, 2.24) is 4.98 Å². The summed E-state index contributed by atoms with van der Waals surface area (Å²) in [5.74, 6) is 0.865. The number of hydrogen-bond acceptors (Lipinski definition) is 4. The van der Waals surface area contributed by atoms with Gasteiger partial charge in [0.25, 0.3) is 0 Å². The second-order valence-corrected chi connectivity index (χ2v) is 4.35. The number of methoxy groups -OCH3 is 1. The molecule has 0 bridgehead atoms. The lowest BCUT2D eigenvalue weighted by Gasteiger charge is -2.09. The molecule has 0 aliphatic rings. The van der Waals surface area contributed by atoms with Gasteiger partial charge in [0.15, 0.2) is 0 Å². The standard InChI is InChI=1S/C12H14N2OS/c1-9-12(16-8-14-9)7-13-10-5-3-4-6-11(10)15-2/h3-6,8,13H,7H2,1-2H3. The maximum absolute atomic E-state index is 5.27. The van der Waals surface area contributed by atoms with Crippen LogP contribution in [0.3, 0.4) is 0 Å². The maximum Gasteiger partial charge on any atom is 0.141 e. The van der Waals surface area contributed by atoms with Crippen LogP contribution in [0.1, 0.15) is 10.6 Å². The second-order valence-electron chi connectivity index (χ2n) is 3.41. The van der Waals surface area contributed by atoms with E-state index in [0.717, 1.165) is 23.7 Å². The molecule has 1 N–H and O–H groups in total. The summed E-state index contributed by atoms with van der Waals surface area (Å²) in [5.41, 5.74) is 3.97. The number of aryl methyl sites for hydroxylation is 1. The molecule has 2 aromatic rings. The Balaban J connectivity index is 2.07. The molecule has 16 heavy (non-hydrogen) atoms. The second kappa shape index (κ2) is 4.99. The Morgan fingerprint density at radius 1 is 1.38 bits per heavy atom. The quantitative estimate of drug-likeness (QED) is 0.882. The van der Waals surface area contributed by atoms with E-state index in [1.54, 1.807) is 18.4 Å². The number of rotatable bonds is 4. The first-order valence-corrected chi connectivity index (χ1v) is 5.95. The van der Waals surface area contributed by atoms with Crippen molar-refractivity contribution in [2.75, 3.05) is 12.4 Å². The summed E-state index contributed by atoms with van der Waals surface area (Å²) in [6, 6.07) is 7.91. The molecule has 0 aliphatic heterocycles. The van der Waals surface area contributed by atoms with Crippen molar-refractivity contribution >= 4 is 17.0 Å². The lowest BCUT2D eigenvalue weighted by Crippen LogP contribution is -2.00. The minimum atomic E-state index is 0.789. The van der Waals surface area contributed by atoms with Crippen LogP contribution in [0, 0.1) is 6.92 Å². The van der Waals surface area contributed by atoms with Crippen molar-refractivity contribution < 1.29 is 4.74 Å². The van der Waals surface area contributed by atoms with Crippen LogP contribution in [0.2, 0.25) is 0 Å². The molecular formula is C12H14N2OS. The molecule has 0 fully saturated rings. The maximum atomic E-state index is 5.27. The Morgan fingerprint density at radius 2 is 2.19 bits per heavy atom. The number of anilines is 1. The first kappa shape index (κ1) is 11.0. The van der Waals surface area contributed by atoms with E-state index in [-0.39, 0.29) is 0 Å². The van der Waals surface area contributed by atoms with Gasteiger partial charge in [-0.3, -0.25) is 0 Å². The molecule has 84 valence electrons. The molecule has 0 saturated heterocycles. The van der Waals surface area contributed by atoms with Crippen LogP contribution in [0.15, 0.2) is 29.8 Å². The van der Waals surface area contributed by atoms with E-state index in [1.807, 2.05) is 36.7 Å². The summed E-state index contributed by atoms with van der Waals surface area (Å²) < 4.78 is 5.27. The Kier molecular flexibility index (Phi) is 3.41. The molecule has 2 rings (SSSR count). The largest absolute Gasteiger partial charge is 0.495 e. The Labute approximate surface area is 99.1 Å². The zero-order valence-electron chi connectivity index (χ0n) is 9.36. The molecule has 0 aliphatic carbocycles. The third-order valence-electron chi connectivity index (χ3n) is 2.39. The van der Waals surface area contributed by atoms with E-state index >= 15 is 0 Å². The fourth-order valence-corrected chi connectivity index (χ4v) is 2.18. The first-order chi connectivity index (χ1) is 7.81. The van der Waals surface area contributed by atoms with Crippen molar-refractivity contribution in [2.24, 2.45) is 0 Å². The van der Waals surface area contributed by atoms with Crippen molar-refractivity contribution in [3.05, 3.63) is 40.3 Å². The van der Waals surface area contributed by atoms with E-state index in [2.05, 4.69) is 10.3 Å². The minimum Gasteiger partial charge on any atom is -0.495 e. The number of ether oxygens (including phenoxy) is 1. The third kappa shape index (κ3) is 2.33. The Morgan fingerprint density at radius 3 is 2.88 bits per heavy atom. The van der Waals surface area contributed by atoms with Crippen molar-refractivity contribution in [3.63, 3.8) is 0 Å². The van der Waals surface area contributed by atoms with Gasteiger partial charge < -0.3 is 10.1 Å². The van der Waals surface area contributed by atoms with Crippen LogP contribution in [-0.2, 0) is 6.54 Å². The van der Waals surface area contributed by atoms with Gasteiger partial charge in [0, 0.05) is 4.88 Å². The summed E-state index contributed by atoms with van der Waals surface area (Å²) in [6.07, 6.45) is 0. The van der Waals surface area contributed by atoms with Gasteiger partial charge in [-0.1, -0.05) is 12.1 Å². The van der Waals surface area contributed by atoms with Crippen molar-refractivity contribution in [2.45, 2.75) is 13.5 Å². The minimum absolute atomic E-state index is 0.789. The summed E-state index contributed by atoms with van der Waals surface area (Å²) in [4.78, 5) is 5.47. The number of para-hydroxylation sites is 2. The highest BCUT2D eigenvalue weighted by Crippen LogP contribution is 2.24. The lowest BCUT2D eigenvalue weighted by molar-refractivity contribution is 0.416. The Bertz CT molecular complexity index is 468. The fraction of sp³-hybridized carbons (Fsp3) is 0.250. The monoisotopic (exact) mass is 234 g/mol. The van der Waals surface area contributed by atoms with E-state index in [4.69, 9.17) is 4.74 Å². The number of benzene rings is 1. The van der Waals surface area contributed by atoms with Crippen molar-refractivity contribution in [3.8, 4) is 5.75 Å². The average molecular weight is 234 g/mol. The fourth-order valence-electron chi connectivity index (χ4n) is 1.46. The number of aromatic nitrogens is 1. The molecule has 1 heterocycles. The van der Waals surface area contributed by atoms with Gasteiger partial charge in [0.05, 0.1) is 30.5 Å². The molecule has 1 aromatic heterocycles. The molecule has 0 radical (unpaired) electrons. The number of thiazole rings is 1. The SMILES string of the molecule is COc1ccccc1NCc1scnc1C. The normalized spacial score (nSPS) is 10.1. The molecule has 0 spiro atoms. The summed E-state index contributed by atoms with van der Waals surface area (Å²) in [6.45, 7) is 2.81. The zero-order chi connectivity index (χ0) is 11.4. The Hall–Kier alpha value is -1.55. The average Bonchev–Trinajstić information content (AvgIpc) is 2.72. The lowest BCUT2D eigenvalue weighted by atomic mass is 10.3. The van der Waals surface area contributed by atoms with Gasteiger partial charge in [-0.25, -0.2) is 4.98 Å². The number of nitrogens with zero attached hydrogens (tertiary/aromatic N) is 1. The van der Waals surface area contributed by atoms with E-state index in [1.165, 1.54) is 4.88 Å². The van der Waals surface area contributed by atoms with Gasteiger partial charge in [0.1, 0.15) is 5.75 Å². The molecule has 1 aromatic carbocycles. The molecule has 0 saturated carbocycles. The van der Waals surface area contributed by atoms with Crippen LogP contribution in [0.25, 0.3) is 0 Å². The summed E-state index contributed by atoms with van der Waals surface area (Å²) in [5, 5.41) is 3.35. The predicted octanol–water partition coefficient (Wildman–Crippen LogP) is 3.07. The summed E-state index contributed by atoms with van der Waals surface area (Å²) >= 11 is 1.67. The molecular weight excluding hydrogens is 220 g/mol. The first-order valence-electron chi connectivity index (χ1n) is 5.07. The molecule has 3 nitrogen and oxygen atoms in total. The molecule has 4 heteroatoms. The van der Waals surface area contributed by atoms with Gasteiger partial charge in [-0.15, -0.1) is 11.3 Å². The van der Waals surface area contributed by atoms with Crippen LogP contribution in [0.5, 0.6) is 5.75 Å². The molecule has 0 amide bonds. The van der Waals surface area contributed by atoms with Gasteiger partial charge in [0.2, 0.25) is 0 Å². The number of hydrogen-bond donors (Lipinski definition) is 1.